The molecule has 2 N–H and O–H groups in total. The van der Waals surface area contributed by atoms with E-state index in [-0.39, 0.29) is 0 Å². The molecule has 1 aliphatic carbocycles. The fraction of sp³-hybridized carbons (Fsp3) is 0.500. The van der Waals surface area contributed by atoms with Crippen molar-refractivity contribution in [2.45, 2.75) is 37.6 Å². The quantitative estimate of drug-likeness (QED) is 0.734. The first kappa shape index (κ1) is 8.76. The van der Waals surface area contributed by atoms with E-state index in [1.807, 2.05) is 0 Å². The highest BCUT2D eigenvalue weighted by Gasteiger charge is 2.41. The van der Waals surface area contributed by atoms with Gasteiger partial charge in [-0.05, 0) is 30.2 Å². The molecule has 0 radical (unpaired) electrons. The van der Waals surface area contributed by atoms with Crippen LogP contribution >= 0.6 is 0 Å². The van der Waals surface area contributed by atoms with Crippen molar-refractivity contribution >= 4 is 0 Å². The van der Waals surface area contributed by atoms with Gasteiger partial charge in [0, 0.05) is 6.04 Å². The van der Waals surface area contributed by atoms with E-state index in [0.717, 1.165) is 12.8 Å². The third-order valence-corrected chi connectivity index (χ3v) is 3.37. The lowest BCUT2D eigenvalue weighted by Crippen LogP contribution is -2.48. The van der Waals surface area contributed by atoms with E-state index in [2.05, 4.69) is 37.3 Å². The van der Waals surface area contributed by atoms with Gasteiger partial charge in [-0.2, -0.15) is 0 Å². The lowest BCUT2D eigenvalue weighted by Gasteiger charge is -2.46. The van der Waals surface area contributed by atoms with Gasteiger partial charge >= 0.3 is 0 Å². The van der Waals surface area contributed by atoms with Gasteiger partial charge in [-0.25, -0.2) is 0 Å². The molecule has 1 aromatic rings. The second-order valence-corrected chi connectivity index (χ2v) is 4.17. The smallest absolute Gasteiger partial charge is 0.00558 e. The average molecular weight is 175 g/mol. The molecular weight excluding hydrogens is 158 g/mol. The van der Waals surface area contributed by atoms with Crippen LogP contribution in [-0.2, 0) is 5.41 Å². The molecule has 1 aliphatic rings. The van der Waals surface area contributed by atoms with Crippen molar-refractivity contribution in [3.05, 3.63) is 35.9 Å². The molecule has 1 heteroatoms. The molecule has 1 nitrogen and oxygen atoms in total. The predicted octanol–water partition coefficient (Wildman–Crippen LogP) is 2.46. The summed E-state index contributed by atoms with van der Waals surface area (Å²) in [5.74, 6) is 0. The normalized spacial score (nSPS) is 32.6. The van der Waals surface area contributed by atoms with Crippen LogP contribution in [-0.4, -0.2) is 6.04 Å². The minimum Gasteiger partial charge on any atom is -0.328 e. The van der Waals surface area contributed by atoms with Crippen molar-refractivity contribution in [3.63, 3.8) is 0 Å². The molecule has 0 aliphatic heterocycles. The van der Waals surface area contributed by atoms with Gasteiger partial charge in [-0.3, -0.25) is 0 Å². The summed E-state index contributed by atoms with van der Waals surface area (Å²) in [6.45, 7) is 2.26. The fourth-order valence-electron chi connectivity index (χ4n) is 2.46. The van der Waals surface area contributed by atoms with Gasteiger partial charge in [0.15, 0.2) is 0 Å². The highest BCUT2D eigenvalue weighted by atomic mass is 14.7. The van der Waals surface area contributed by atoms with Gasteiger partial charge in [0.1, 0.15) is 0 Å². The van der Waals surface area contributed by atoms with Crippen LogP contribution in [0.25, 0.3) is 0 Å². The van der Waals surface area contributed by atoms with Crippen molar-refractivity contribution in [1.82, 2.24) is 0 Å². The van der Waals surface area contributed by atoms with Gasteiger partial charge in [0.25, 0.3) is 0 Å². The van der Waals surface area contributed by atoms with E-state index in [0.29, 0.717) is 11.5 Å². The molecular formula is C12H17N. The molecule has 0 bridgehead atoms. The molecule has 0 saturated heterocycles. The minimum atomic E-state index is 0.403. The van der Waals surface area contributed by atoms with Gasteiger partial charge < -0.3 is 5.73 Å². The topological polar surface area (TPSA) is 26.0 Å². The Morgan fingerprint density at radius 3 is 2.38 bits per heavy atom. The Morgan fingerprint density at radius 1 is 1.31 bits per heavy atom. The Bertz CT molecular complexity index is 272. The third kappa shape index (κ3) is 1.37. The maximum absolute atomic E-state index is 5.87. The maximum atomic E-state index is 5.87. The molecule has 1 saturated carbocycles. The summed E-state index contributed by atoms with van der Waals surface area (Å²) in [7, 11) is 0. The third-order valence-electron chi connectivity index (χ3n) is 3.37. The Hall–Kier alpha value is -0.820. The van der Waals surface area contributed by atoms with E-state index in [4.69, 9.17) is 5.73 Å². The minimum absolute atomic E-state index is 0.403. The molecule has 2 rings (SSSR count). The number of nitrogens with two attached hydrogens (primary N) is 1. The average Bonchev–Trinajstić information content (AvgIpc) is 2.14. The zero-order valence-corrected chi connectivity index (χ0v) is 8.16. The Balaban J connectivity index is 2.24. The van der Waals surface area contributed by atoms with Gasteiger partial charge in [-0.1, -0.05) is 37.3 Å². The largest absolute Gasteiger partial charge is 0.328 e. The molecule has 13 heavy (non-hydrogen) atoms. The van der Waals surface area contributed by atoms with Crippen LogP contribution in [0.15, 0.2) is 30.3 Å². The summed E-state index contributed by atoms with van der Waals surface area (Å²) in [4.78, 5) is 0. The summed E-state index contributed by atoms with van der Waals surface area (Å²) >= 11 is 0. The molecule has 70 valence electrons. The number of benzene rings is 1. The molecule has 0 unspecified atom stereocenters. The van der Waals surface area contributed by atoms with Crippen LogP contribution in [0.1, 0.15) is 31.7 Å². The summed E-state index contributed by atoms with van der Waals surface area (Å²) < 4.78 is 0. The van der Waals surface area contributed by atoms with Crippen LogP contribution in [0.3, 0.4) is 0 Å². The zero-order chi connectivity index (χ0) is 9.31. The van der Waals surface area contributed by atoms with Crippen LogP contribution in [0.5, 0.6) is 0 Å². The Morgan fingerprint density at radius 2 is 1.92 bits per heavy atom. The summed E-state index contributed by atoms with van der Waals surface area (Å²) in [6, 6.07) is 11.2. The molecule has 1 aromatic carbocycles. The van der Waals surface area contributed by atoms with E-state index < -0.39 is 0 Å². The van der Waals surface area contributed by atoms with E-state index in [1.54, 1.807) is 0 Å². The Kier molecular flexibility index (Phi) is 2.12. The van der Waals surface area contributed by atoms with Gasteiger partial charge in [-0.15, -0.1) is 0 Å². The van der Waals surface area contributed by atoms with E-state index in [1.165, 1.54) is 12.0 Å². The molecule has 0 atom stereocenters. The van der Waals surface area contributed by atoms with Crippen molar-refractivity contribution in [2.24, 2.45) is 5.73 Å². The van der Waals surface area contributed by atoms with Crippen LogP contribution in [0.2, 0.25) is 0 Å². The van der Waals surface area contributed by atoms with Crippen LogP contribution in [0, 0.1) is 0 Å². The molecule has 0 heterocycles. The predicted molar refractivity (Wildman–Crippen MR) is 55.6 cm³/mol. The van der Waals surface area contributed by atoms with Crippen LogP contribution in [0.4, 0.5) is 0 Å². The lowest BCUT2D eigenvalue weighted by atomic mass is 9.60. The second-order valence-electron chi connectivity index (χ2n) is 4.17. The number of hydrogen-bond acceptors (Lipinski definition) is 1. The van der Waals surface area contributed by atoms with Crippen LogP contribution < -0.4 is 5.73 Å². The maximum Gasteiger partial charge on any atom is 0.00558 e. The summed E-state index contributed by atoms with van der Waals surface area (Å²) in [6.07, 6.45) is 3.53. The second kappa shape index (κ2) is 3.15. The van der Waals surface area contributed by atoms with Crippen molar-refractivity contribution in [2.75, 3.05) is 0 Å². The molecule has 0 amide bonds. The first-order valence-corrected chi connectivity index (χ1v) is 5.08. The molecule has 0 aromatic heterocycles. The number of hydrogen-bond donors (Lipinski definition) is 1. The lowest BCUT2D eigenvalue weighted by molar-refractivity contribution is 0.196. The standard InChI is InChI=1S/C12H17N/c1-2-12(8-11(13)9-12)10-6-4-3-5-7-10/h3-7,11H,2,8-9,13H2,1H3. The first-order valence-electron chi connectivity index (χ1n) is 5.08. The first-order chi connectivity index (χ1) is 6.27. The monoisotopic (exact) mass is 175 g/mol. The molecule has 1 fully saturated rings. The van der Waals surface area contributed by atoms with Crippen molar-refractivity contribution in [3.8, 4) is 0 Å². The highest BCUT2D eigenvalue weighted by molar-refractivity contribution is 5.29. The van der Waals surface area contributed by atoms with Crippen molar-refractivity contribution in [1.29, 1.82) is 0 Å². The summed E-state index contributed by atoms with van der Waals surface area (Å²) in [5, 5.41) is 0. The Labute approximate surface area is 80.0 Å². The van der Waals surface area contributed by atoms with Gasteiger partial charge in [0.05, 0.1) is 0 Å². The van der Waals surface area contributed by atoms with E-state index in [9.17, 15) is 0 Å². The number of rotatable bonds is 2. The zero-order valence-electron chi connectivity index (χ0n) is 8.16. The van der Waals surface area contributed by atoms with Gasteiger partial charge in [0.2, 0.25) is 0 Å². The summed E-state index contributed by atoms with van der Waals surface area (Å²) in [5.41, 5.74) is 7.74. The SMILES string of the molecule is CCC1(c2ccccc2)CC(N)C1. The molecule has 0 spiro atoms. The fourth-order valence-corrected chi connectivity index (χ4v) is 2.46. The van der Waals surface area contributed by atoms with Crippen molar-refractivity contribution < 1.29 is 0 Å². The van der Waals surface area contributed by atoms with E-state index >= 15 is 0 Å². The highest BCUT2D eigenvalue weighted by Crippen LogP contribution is 2.45.